The summed E-state index contributed by atoms with van der Waals surface area (Å²) in [4.78, 5) is 23.4. The van der Waals surface area contributed by atoms with Gasteiger partial charge in [0, 0.05) is 17.1 Å². The molecule has 0 spiro atoms. The maximum atomic E-state index is 12.3. The van der Waals surface area contributed by atoms with Gasteiger partial charge >= 0.3 is 5.97 Å². The number of hydrogen-bond acceptors (Lipinski definition) is 6. The Morgan fingerprint density at radius 2 is 2.36 bits per heavy atom. The zero-order chi connectivity index (χ0) is 18.0. The van der Waals surface area contributed by atoms with Crippen LogP contribution in [0.15, 0.2) is 28.9 Å². The largest absolute Gasteiger partial charge is 0.462 e. The molecule has 8 nitrogen and oxygen atoms in total. The van der Waals surface area contributed by atoms with Crippen molar-refractivity contribution in [3.05, 3.63) is 44.5 Å². The van der Waals surface area contributed by atoms with Crippen molar-refractivity contribution in [2.24, 2.45) is 0 Å². The molecule has 1 aliphatic rings. The van der Waals surface area contributed by atoms with Crippen molar-refractivity contribution in [3.63, 3.8) is 0 Å². The second-order valence-corrected chi connectivity index (χ2v) is 6.42. The molecule has 1 aliphatic heterocycles. The van der Waals surface area contributed by atoms with Crippen molar-refractivity contribution in [3.8, 4) is 11.3 Å². The number of nitrogens with zero attached hydrogens (tertiary/aromatic N) is 3. The Balaban J connectivity index is 2.20. The third kappa shape index (κ3) is 3.42. The fourth-order valence-corrected chi connectivity index (χ4v) is 3.19. The number of nitro groups is 1. The van der Waals surface area contributed by atoms with Crippen molar-refractivity contribution in [2.75, 3.05) is 19.8 Å². The van der Waals surface area contributed by atoms with E-state index in [1.54, 1.807) is 23.7 Å². The van der Waals surface area contributed by atoms with Gasteiger partial charge in [-0.3, -0.25) is 14.8 Å². The standard InChI is InChI=1S/C16H16BrN3O5/c1-2-25-16(21)13-8-18-19(11-5-6-24-9-11)15(13)12-4-3-10(17)7-14(12)20(22)23/h3-4,7-8,11H,2,5-6,9H2,1H3. The first-order chi connectivity index (χ1) is 12.0. The Morgan fingerprint density at radius 3 is 3.00 bits per heavy atom. The molecule has 2 heterocycles. The molecule has 25 heavy (non-hydrogen) atoms. The third-order valence-electron chi connectivity index (χ3n) is 3.95. The molecule has 132 valence electrons. The first-order valence-electron chi connectivity index (χ1n) is 7.79. The van der Waals surface area contributed by atoms with Crippen molar-refractivity contribution in [2.45, 2.75) is 19.4 Å². The molecule has 2 aromatic rings. The minimum absolute atomic E-state index is 0.0820. The molecule has 0 saturated carbocycles. The van der Waals surface area contributed by atoms with Gasteiger partial charge in [-0.15, -0.1) is 0 Å². The average Bonchev–Trinajstić information content (AvgIpc) is 3.24. The lowest BCUT2D eigenvalue weighted by Gasteiger charge is -2.14. The summed E-state index contributed by atoms with van der Waals surface area (Å²) in [6.45, 7) is 2.94. The molecule has 1 aromatic heterocycles. The maximum absolute atomic E-state index is 12.3. The second kappa shape index (κ2) is 7.32. The molecule has 1 unspecified atom stereocenters. The molecule has 0 aliphatic carbocycles. The number of nitro benzene ring substituents is 1. The number of ether oxygens (including phenoxy) is 2. The number of benzene rings is 1. The zero-order valence-electron chi connectivity index (χ0n) is 13.5. The lowest BCUT2D eigenvalue weighted by Crippen LogP contribution is -2.14. The van der Waals surface area contributed by atoms with E-state index in [4.69, 9.17) is 9.47 Å². The summed E-state index contributed by atoms with van der Waals surface area (Å²) >= 11 is 3.25. The van der Waals surface area contributed by atoms with Crippen LogP contribution in [-0.2, 0) is 9.47 Å². The fraction of sp³-hybridized carbons (Fsp3) is 0.375. The minimum atomic E-state index is -0.556. The fourth-order valence-electron chi connectivity index (χ4n) is 2.84. The highest BCUT2D eigenvalue weighted by molar-refractivity contribution is 9.10. The number of aromatic nitrogens is 2. The summed E-state index contributed by atoms with van der Waals surface area (Å²) in [6.07, 6.45) is 2.12. The molecular weight excluding hydrogens is 394 g/mol. The van der Waals surface area contributed by atoms with E-state index < -0.39 is 10.9 Å². The number of carbonyl (C=O) groups excluding carboxylic acids is 1. The van der Waals surface area contributed by atoms with Crippen molar-refractivity contribution >= 4 is 27.6 Å². The topological polar surface area (TPSA) is 96.5 Å². The van der Waals surface area contributed by atoms with E-state index in [1.807, 2.05) is 0 Å². The normalized spacial score (nSPS) is 16.8. The van der Waals surface area contributed by atoms with E-state index in [1.165, 1.54) is 12.3 Å². The van der Waals surface area contributed by atoms with Crippen molar-refractivity contribution < 1.29 is 19.2 Å². The molecule has 1 aromatic carbocycles. The molecule has 0 bridgehead atoms. The summed E-state index contributed by atoms with van der Waals surface area (Å²) in [6, 6.07) is 4.63. The van der Waals surface area contributed by atoms with Crippen LogP contribution in [0.5, 0.6) is 0 Å². The molecule has 1 fully saturated rings. The molecular formula is C16H16BrN3O5. The van der Waals surface area contributed by atoms with E-state index in [2.05, 4.69) is 21.0 Å². The van der Waals surface area contributed by atoms with Crippen LogP contribution in [0, 0.1) is 10.1 Å². The summed E-state index contributed by atoms with van der Waals surface area (Å²) in [5.74, 6) is -0.556. The van der Waals surface area contributed by atoms with Gasteiger partial charge in [0.15, 0.2) is 0 Å². The quantitative estimate of drug-likeness (QED) is 0.426. The molecule has 1 saturated heterocycles. The van der Waals surface area contributed by atoms with Gasteiger partial charge in [-0.25, -0.2) is 4.79 Å². The Hall–Kier alpha value is -2.26. The SMILES string of the molecule is CCOC(=O)c1cnn(C2CCOC2)c1-c1ccc(Br)cc1[N+](=O)[O-]. The van der Waals surface area contributed by atoms with Gasteiger partial charge in [-0.1, -0.05) is 15.9 Å². The van der Waals surface area contributed by atoms with Crippen LogP contribution >= 0.6 is 15.9 Å². The smallest absolute Gasteiger partial charge is 0.341 e. The number of halogens is 1. The van der Waals surface area contributed by atoms with E-state index in [-0.39, 0.29) is 23.9 Å². The highest BCUT2D eigenvalue weighted by Crippen LogP contribution is 2.37. The Bertz CT molecular complexity index is 814. The molecule has 0 radical (unpaired) electrons. The zero-order valence-corrected chi connectivity index (χ0v) is 15.1. The summed E-state index contributed by atoms with van der Waals surface area (Å²) in [7, 11) is 0. The number of hydrogen-bond donors (Lipinski definition) is 0. The van der Waals surface area contributed by atoms with E-state index >= 15 is 0 Å². The van der Waals surface area contributed by atoms with Crippen LogP contribution in [-0.4, -0.2) is 40.5 Å². The van der Waals surface area contributed by atoms with Gasteiger partial charge in [0.25, 0.3) is 5.69 Å². The van der Waals surface area contributed by atoms with E-state index in [9.17, 15) is 14.9 Å². The van der Waals surface area contributed by atoms with Gasteiger partial charge in [-0.2, -0.15) is 5.10 Å². The van der Waals surface area contributed by atoms with E-state index in [0.29, 0.717) is 28.9 Å². The highest BCUT2D eigenvalue weighted by Gasteiger charge is 2.30. The Labute approximate surface area is 152 Å². The average molecular weight is 410 g/mol. The van der Waals surface area contributed by atoms with Crippen LogP contribution in [0.25, 0.3) is 11.3 Å². The molecule has 0 N–H and O–H groups in total. The maximum Gasteiger partial charge on any atom is 0.341 e. The lowest BCUT2D eigenvalue weighted by molar-refractivity contribution is -0.384. The molecule has 9 heteroatoms. The first-order valence-corrected chi connectivity index (χ1v) is 8.59. The van der Waals surface area contributed by atoms with Gasteiger partial charge in [-0.05, 0) is 25.5 Å². The van der Waals surface area contributed by atoms with Gasteiger partial charge in [0.2, 0.25) is 0 Å². The summed E-state index contributed by atoms with van der Waals surface area (Å²) in [5, 5.41) is 15.8. The monoisotopic (exact) mass is 409 g/mol. The number of carbonyl (C=O) groups is 1. The van der Waals surface area contributed by atoms with Crippen LogP contribution in [0.4, 0.5) is 5.69 Å². The van der Waals surface area contributed by atoms with Crippen LogP contribution < -0.4 is 0 Å². The molecule has 3 rings (SSSR count). The second-order valence-electron chi connectivity index (χ2n) is 5.51. The van der Waals surface area contributed by atoms with Gasteiger partial charge < -0.3 is 9.47 Å². The number of esters is 1. The lowest BCUT2D eigenvalue weighted by atomic mass is 10.0. The third-order valence-corrected chi connectivity index (χ3v) is 4.45. The van der Waals surface area contributed by atoms with Crippen LogP contribution in [0.3, 0.4) is 0 Å². The minimum Gasteiger partial charge on any atom is -0.462 e. The van der Waals surface area contributed by atoms with Gasteiger partial charge in [0.1, 0.15) is 5.56 Å². The first kappa shape index (κ1) is 17.6. The Morgan fingerprint density at radius 1 is 1.56 bits per heavy atom. The summed E-state index contributed by atoms with van der Waals surface area (Å²) < 4.78 is 12.7. The van der Waals surface area contributed by atoms with Crippen molar-refractivity contribution in [1.29, 1.82) is 0 Å². The number of rotatable bonds is 5. The predicted molar refractivity (Wildman–Crippen MR) is 92.4 cm³/mol. The van der Waals surface area contributed by atoms with Crippen LogP contribution in [0.1, 0.15) is 29.7 Å². The Kier molecular flexibility index (Phi) is 5.14. The summed E-state index contributed by atoms with van der Waals surface area (Å²) in [5.41, 5.74) is 0.800. The van der Waals surface area contributed by atoms with Gasteiger partial charge in [0.05, 0.1) is 41.6 Å². The van der Waals surface area contributed by atoms with Crippen LogP contribution in [0.2, 0.25) is 0 Å². The van der Waals surface area contributed by atoms with E-state index in [0.717, 1.165) is 6.42 Å². The molecule has 1 atom stereocenters. The predicted octanol–water partition coefficient (Wildman–Crippen LogP) is 3.36. The highest BCUT2D eigenvalue weighted by atomic mass is 79.9. The van der Waals surface area contributed by atoms with Crippen molar-refractivity contribution in [1.82, 2.24) is 9.78 Å². The molecule has 0 amide bonds.